The van der Waals surface area contributed by atoms with Gasteiger partial charge in [0.05, 0.1) is 13.5 Å². The molecule has 0 aliphatic rings. The summed E-state index contributed by atoms with van der Waals surface area (Å²) in [5.74, 6) is 0.650. The number of aryl methyl sites for hydroxylation is 1. The first-order chi connectivity index (χ1) is 9.62. The highest BCUT2D eigenvalue weighted by atomic mass is 32.2. The minimum Gasteiger partial charge on any atom is -0.469 e. The third kappa shape index (κ3) is 5.17. The van der Waals surface area contributed by atoms with E-state index in [9.17, 15) is 4.79 Å². The molecule has 0 saturated heterocycles. The van der Waals surface area contributed by atoms with Crippen molar-refractivity contribution >= 4 is 17.7 Å². The first-order valence-corrected chi connectivity index (χ1v) is 8.11. The van der Waals surface area contributed by atoms with Crippen molar-refractivity contribution in [1.29, 1.82) is 0 Å². The van der Waals surface area contributed by atoms with Gasteiger partial charge in [0.2, 0.25) is 0 Å². The molecule has 1 N–H and O–H groups in total. The van der Waals surface area contributed by atoms with Crippen molar-refractivity contribution in [2.75, 3.05) is 19.9 Å². The smallest absolute Gasteiger partial charge is 0.306 e. The predicted octanol–water partition coefficient (Wildman–Crippen LogP) is 3.19. The third-order valence-corrected chi connectivity index (χ3v) is 4.68. The summed E-state index contributed by atoms with van der Waals surface area (Å²) in [5.41, 5.74) is 2.65. The molecule has 0 fully saturated rings. The number of nitrogens with one attached hydrogen (secondary N) is 1. The summed E-state index contributed by atoms with van der Waals surface area (Å²) in [5, 5.41) is 3.77. The molecule has 0 saturated carbocycles. The summed E-state index contributed by atoms with van der Waals surface area (Å²) in [6.07, 6.45) is 1.53. The Morgan fingerprint density at radius 3 is 2.50 bits per heavy atom. The van der Waals surface area contributed by atoms with Crippen LogP contribution in [-0.4, -0.2) is 31.1 Å². The van der Waals surface area contributed by atoms with E-state index in [2.05, 4.69) is 48.2 Å². The van der Waals surface area contributed by atoms with E-state index in [4.69, 9.17) is 0 Å². The van der Waals surface area contributed by atoms with Crippen LogP contribution in [0.1, 0.15) is 37.4 Å². The Bertz CT molecular complexity index is 405. The third-order valence-electron chi connectivity index (χ3n) is 3.44. The Morgan fingerprint density at radius 2 is 2.00 bits per heavy atom. The molecule has 0 amide bonds. The van der Waals surface area contributed by atoms with Crippen LogP contribution >= 0.6 is 11.8 Å². The highest BCUT2D eigenvalue weighted by Gasteiger charge is 2.18. The Labute approximate surface area is 126 Å². The summed E-state index contributed by atoms with van der Waals surface area (Å²) in [4.78, 5) is 11.1. The molecule has 0 spiro atoms. The van der Waals surface area contributed by atoms with Gasteiger partial charge in [-0.2, -0.15) is 11.8 Å². The zero-order valence-electron chi connectivity index (χ0n) is 12.8. The number of rotatable bonds is 8. The molecule has 1 rings (SSSR count). The van der Waals surface area contributed by atoms with Crippen molar-refractivity contribution in [1.82, 2.24) is 5.32 Å². The van der Waals surface area contributed by atoms with E-state index in [0.717, 1.165) is 12.2 Å². The van der Waals surface area contributed by atoms with Crippen LogP contribution in [0, 0.1) is 0 Å². The van der Waals surface area contributed by atoms with Crippen LogP contribution in [0.15, 0.2) is 24.3 Å². The molecule has 1 aromatic rings. The van der Waals surface area contributed by atoms with Gasteiger partial charge in [0.1, 0.15) is 0 Å². The van der Waals surface area contributed by atoms with E-state index < -0.39 is 0 Å². The van der Waals surface area contributed by atoms with Gasteiger partial charge in [-0.3, -0.25) is 4.79 Å². The minimum absolute atomic E-state index is 0.141. The quantitative estimate of drug-likeness (QED) is 0.748. The Morgan fingerprint density at radius 1 is 1.35 bits per heavy atom. The topological polar surface area (TPSA) is 38.3 Å². The van der Waals surface area contributed by atoms with Gasteiger partial charge in [-0.05, 0) is 24.6 Å². The monoisotopic (exact) mass is 295 g/mol. The Hall–Kier alpha value is -1.00. The maximum atomic E-state index is 11.1. The molecule has 0 aromatic heterocycles. The van der Waals surface area contributed by atoms with Crippen molar-refractivity contribution in [3.8, 4) is 0 Å². The number of hydrogen-bond acceptors (Lipinski definition) is 4. The maximum absolute atomic E-state index is 11.1. The molecule has 1 aromatic carbocycles. The summed E-state index contributed by atoms with van der Waals surface area (Å²) >= 11 is 1.79. The van der Waals surface area contributed by atoms with Gasteiger partial charge in [-0.1, -0.05) is 38.1 Å². The molecule has 0 radical (unpaired) electrons. The molecule has 0 aliphatic carbocycles. The van der Waals surface area contributed by atoms with Gasteiger partial charge in [0, 0.05) is 17.0 Å². The summed E-state index contributed by atoms with van der Waals surface area (Å²) in [6, 6.07) is 9.05. The van der Waals surface area contributed by atoms with Crippen LogP contribution in [0.2, 0.25) is 0 Å². The number of hydrogen-bond donors (Lipinski definition) is 1. The lowest BCUT2D eigenvalue weighted by Crippen LogP contribution is -2.25. The normalized spacial score (nSPS) is 13.8. The summed E-state index contributed by atoms with van der Waals surface area (Å²) in [7, 11) is 3.41. The number of thioether (sulfide) groups is 1. The van der Waals surface area contributed by atoms with Gasteiger partial charge in [-0.25, -0.2) is 0 Å². The highest BCUT2D eigenvalue weighted by molar-refractivity contribution is 7.99. The van der Waals surface area contributed by atoms with Crippen molar-refractivity contribution in [3.63, 3.8) is 0 Å². The first kappa shape index (κ1) is 17.1. The molecular formula is C16H25NO2S. The standard InChI is InChI=1S/C16H25NO2S/c1-5-13-6-8-14(9-7-13)16(17-3)12(2)20-11-10-15(18)19-4/h6-9,12,16-17H,5,10-11H2,1-4H3. The largest absolute Gasteiger partial charge is 0.469 e. The number of esters is 1. The highest BCUT2D eigenvalue weighted by Crippen LogP contribution is 2.27. The summed E-state index contributed by atoms with van der Waals surface area (Å²) < 4.78 is 4.66. The molecule has 0 aliphatic heterocycles. The number of carbonyl (C=O) groups excluding carboxylic acids is 1. The van der Waals surface area contributed by atoms with Crippen molar-refractivity contribution in [2.24, 2.45) is 0 Å². The maximum Gasteiger partial charge on any atom is 0.306 e. The number of ether oxygens (including phenoxy) is 1. The molecule has 112 valence electrons. The fourth-order valence-electron chi connectivity index (χ4n) is 2.16. The SMILES string of the molecule is CCc1ccc(C(NC)C(C)SCCC(=O)OC)cc1. The van der Waals surface area contributed by atoms with Gasteiger partial charge < -0.3 is 10.1 Å². The lowest BCUT2D eigenvalue weighted by atomic mass is 10.0. The van der Waals surface area contributed by atoms with Crippen LogP contribution in [0.3, 0.4) is 0 Å². The lowest BCUT2D eigenvalue weighted by molar-refractivity contribution is -0.140. The first-order valence-electron chi connectivity index (χ1n) is 7.06. The van der Waals surface area contributed by atoms with E-state index in [1.54, 1.807) is 11.8 Å². The van der Waals surface area contributed by atoms with E-state index in [-0.39, 0.29) is 5.97 Å². The number of methoxy groups -OCH3 is 1. The van der Waals surface area contributed by atoms with E-state index in [1.165, 1.54) is 18.2 Å². The minimum atomic E-state index is -0.141. The molecule has 3 nitrogen and oxygen atoms in total. The average Bonchev–Trinajstić information content (AvgIpc) is 2.48. The Balaban J connectivity index is 2.57. The predicted molar refractivity (Wildman–Crippen MR) is 86.2 cm³/mol. The molecule has 20 heavy (non-hydrogen) atoms. The lowest BCUT2D eigenvalue weighted by Gasteiger charge is -2.23. The van der Waals surface area contributed by atoms with Crippen molar-refractivity contribution in [2.45, 2.75) is 38.0 Å². The second kappa shape index (κ2) is 9.03. The summed E-state index contributed by atoms with van der Waals surface area (Å²) in [6.45, 7) is 4.35. The molecule has 4 heteroatoms. The van der Waals surface area contributed by atoms with E-state index in [1.807, 2.05) is 7.05 Å². The second-order valence-electron chi connectivity index (χ2n) is 4.76. The molecule has 0 heterocycles. The zero-order chi connectivity index (χ0) is 15.0. The van der Waals surface area contributed by atoms with Gasteiger partial charge in [-0.15, -0.1) is 0 Å². The van der Waals surface area contributed by atoms with Crippen molar-refractivity contribution < 1.29 is 9.53 Å². The van der Waals surface area contributed by atoms with Gasteiger partial charge >= 0.3 is 5.97 Å². The molecule has 2 atom stereocenters. The number of carbonyl (C=O) groups is 1. The van der Waals surface area contributed by atoms with Crippen LogP contribution in [-0.2, 0) is 16.0 Å². The fraction of sp³-hybridized carbons (Fsp3) is 0.562. The van der Waals surface area contributed by atoms with Crippen molar-refractivity contribution in [3.05, 3.63) is 35.4 Å². The van der Waals surface area contributed by atoms with E-state index >= 15 is 0 Å². The fourth-order valence-corrected chi connectivity index (χ4v) is 3.30. The number of benzene rings is 1. The zero-order valence-corrected chi connectivity index (χ0v) is 13.6. The van der Waals surface area contributed by atoms with Crippen LogP contribution in [0.5, 0.6) is 0 Å². The molecule has 0 bridgehead atoms. The molecule has 2 unspecified atom stereocenters. The Kier molecular flexibility index (Phi) is 7.70. The van der Waals surface area contributed by atoms with Gasteiger partial charge in [0.15, 0.2) is 0 Å². The van der Waals surface area contributed by atoms with Crippen LogP contribution < -0.4 is 5.32 Å². The van der Waals surface area contributed by atoms with Crippen LogP contribution in [0.25, 0.3) is 0 Å². The van der Waals surface area contributed by atoms with Gasteiger partial charge in [0.25, 0.3) is 0 Å². The average molecular weight is 295 g/mol. The molecular weight excluding hydrogens is 270 g/mol. The van der Waals surface area contributed by atoms with E-state index in [0.29, 0.717) is 17.7 Å². The van der Waals surface area contributed by atoms with Crippen LogP contribution in [0.4, 0.5) is 0 Å². The second-order valence-corrected chi connectivity index (χ2v) is 6.25.